The molecule has 5 heteroatoms. The molecular weight excluding hydrogens is 186 g/mol. The molecule has 0 amide bonds. The van der Waals surface area contributed by atoms with Gasteiger partial charge in [0.25, 0.3) is 0 Å². The summed E-state index contributed by atoms with van der Waals surface area (Å²) in [5.74, 6) is -0.972. The Morgan fingerprint density at radius 2 is 2.21 bits per heavy atom. The molecule has 0 aromatic carbocycles. The first-order valence-corrected chi connectivity index (χ1v) is 4.88. The van der Waals surface area contributed by atoms with Crippen LogP contribution in [0.4, 0.5) is 0 Å². The lowest BCUT2D eigenvalue weighted by Crippen LogP contribution is -2.32. The van der Waals surface area contributed by atoms with Crippen LogP contribution in [0, 0.1) is 0 Å². The van der Waals surface area contributed by atoms with E-state index in [1.807, 2.05) is 0 Å². The first-order chi connectivity index (χ1) is 6.70. The highest BCUT2D eigenvalue weighted by Gasteiger charge is 2.16. The molecule has 0 unspecified atom stereocenters. The smallest absolute Gasteiger partial charge is 0.320 e. The van der Waals surface area contributed by atoms with Gasteiger partial charge in [0.15, 0.2) is 0 Å². The quantitative estimate of drug-likeness (QED) is 0.656. The highest BCUT2D eigenvalue weighted by atomic mass is 16.5. The van der Waals surface area contributed by atoms with Crippen LogP contribution in [0.2, 0.25) is 0 Å². The van der Waals surface area contributed by atoms with Gasteiger partial charge in [-0.3, -0.25) is 4.79 Å². The minimum absolute atomic E-state index is 0.213. The fourth-order valence-electron chi connectivity index (χ4n) is 1.33. The van der Waals surface area contributed by atoms with Gasteiger partial charge in [0, 0.05) is 19.8 Å². The summed E-state index contributed by atoms with van der Waals surface area (Å²) in [7, 11) is 0. The molecule has 14 heavy (non-hydrogen) atoms. The Labute approximate surface area is 83.2 Å². The van der Waals surface area contributed by atoms with E-state index in [2.05, 4.69) is 0 Å². The van der Waals surface area contributed by atoms with E-state index in [-0.39, 0.29) is 6.10 Å². The third kappa shape index (κ3) is 4.04. The van der Waals surface area contributed by atoms with Crippen molar-refractivity contribution in [3.05, 3.63) is 0 Å². The summed E-state index contributed by atoms with van der Waals surface area (Å²) in [6.07, 6.45) is 2.36. The van der Waals surface area contributed by atoms with E-state index in [1.165, 1.54) is 0 Å². The van der Waals surface area contributed by atoms with Crippen molar-refractivity contribution in [1.82, 2.24) is 0 Å². The Hall–Kier alpha value is -0.650. The van der Waals surface area contributed by atoms with Crippen LogP contribution in [0.5, 0.6) is 0 Å². The van der Waals surface area contributed by atoms with Crippen molar-refractivity contribution in [1.29, 1.82) is 0 Å². The van der Waals surface area contributed by atoms with E-state index in [1.54, 1.807) is 0 Å². The Bertz CT molecular complexity index is 180. The molecule has 0 spiro atoms. The summed E-state index contributed by atoms with van der Waals surface area (Å²) in [4.78, 5) is 10.4. The number of rotatable bonds is 5. The van der Waals surface area contributed by atoms with E-state index in [4.69, 9.17) is 20.3 Å². The second kappa shape index (κ2) is 5.95. The SMILES string of the molecule is N[C@@H](CCOC1CCOCC1)C(=O)O. The van der Waals surface area contributed by atoms with E-state index in [9.17, 15) is 4.79 Å². The molecule has 1 aliphatic heterocycles. The number of ether oxygens (including phenoxy) is 2. The van der Waals surface area contributed by atoms with Crippen molar-refractivity contribution in [3.63, 3.8) is 0 Å². The number of hydrogen-bond donors (Lipinski definition) is 2. The van der Waals surface area contributed by atoms with Crippen LogP contribution < -0.4 is 5.73 Å². The highest BCUT2D eigenvalue weighted by molar-refractivity contribution is 5.72. The molecule has 1 aliphatic rings. The number of nitrogens with two attached hydrogens (primary N) is 1. The summed E-state index contributed by atoms with van der Waals surface area (Å²) in [6.45, 7) is 1.88. The molecule has 0 aromatic heterocycles. The fourth-order valence-corrected chi connectivity index (χ4v) is 1.33. The van der Waals surface area contributed by atoms with Gasteiger partial charge in [-0.2, -0.15) is 0 Å². The molecule has 5 nitrogen and oxygen atoms in total. The average Bonchev–Trinajstić information content (AvgIpc) is 2.19. The molecule has 1 heterocycles. The van der Waals surface area contributed by atoms with Crippen molar-refractivity contribution in [3.8, 4) is 0 Å². The summed E-state index contributed by atoms with van der Waals surface area (Å²) in [5.41, 5.74) is 5.33. The second-order valence-electron chi connectivity index (χ2n) is 3.42. The lowest BCUT2D eigenvalue weighted by molar-refractivity contribution is -0.139. The van der Waals surface area contributed by atoms with Gasteiger partial charge in [-0.15, -0.1) is 0 Å². The molecule has 1 fully saturated rings. The molecule has 3 N–H and O–H groups in total. The van der Waals surface area contributed by atoms with Crippen LogP contribution in [0.1, 0.15) is 19.3 Å². The van der Waals surface area contributed by atoms with Crippen LogP contribution in [-0.2, 0) is 14.3 Å². The molecule has 0 aromatic rings. The maximum Gasteiger partial charge on any atom is 0.320 e. The third-order valence-corrected chi connectivity index (χ3v) is 2.27. The topological polar surface area (TPSA) is 81.8 Å². The van der Waals surface area contributed by atoms with Gasteiger partial charge in [-0.25, -0.2) is 0 Å². The Balaban J connectivity index is 2.05. The first kappa shape index (κ1) is 11.4. The van der Waals surface area contributed by atoms with Crippen molar-refractivity contribution in [2.45, 2.75) is 31.4 Å². The van der Waals surface area contributed by atoms with Crippen LogP contribution in [-0.4, -0.2) is 43.0 Å². The van der Waals surface area contributed by atoms with Crippen molar-refractivity contribution >= 4 is 5.97 Å². The summed E-state index contributed by atoms with van der Waals surface area (Å²) in [6, 6.07) is -0.810. The zero-order chi connectivity index (χ0) is 10.4. The van der Waals surface area contributed by atoms with Crippen molar-refractivity contribution in [2.24, 2.45) is 5.73 Å². The van der Waals surface area contributed by atoms with Gasteiger partial charge in [0.2, 0.25) is 0 Å². The predicted octanol–water partition coefficient (Wildman–Crippen LogP) is -0.0160. The normalized spacial score (nSPS) is 20.6. The number of aliphatic carboxylic acids is 1. The van der Waals surface area contributed by atoms with E-state index < -0.39 is 12.0 Å². The molecule has 0 aliphatic carbocycles. The molecule has 1 atom stereocenters. The maximum absolute atomic E-state index is 10.4. The summed E-state index contributed by atoms with van der Waals surface area (Å²) in [5, 5.41) is 8.52. The number of carboxylic acid groups (broad SMARTS) is 1. The number of carbonyl (C=O) groups is 1. The lowest BCUT2D eigenvalue weighted by Gasteiger charge is -2.22. The molecular formula is C9H17NO4. The average molecular weight is 203 g/mol. The standard InChI is InChI=1S/C9H17NO4/c10-8(9(11)12)3-6-14-7-1-4-13-5-2-7/h7-8H,1-6,10H2,(H,11,12)/t8-/m0/s1. The molecule has 0 radical (unpaired) electrons. The van der Waals surface area contributed by atoms with Gasteiger partial charge in [-0.05, 0) is 19.3 Å². The molecule has 1 saturated heterocycles. The zero-order valence-electron chi connectivity index (χ0n) is 8.15. The van der Waals surface area contributed by atoms with Gasteiger partial charge in [-0.1, -0.05) is 0 Å². The monoisotopic (exact) mass is 203 g/mol. The van der Waals surface area contributed by atoms with E-state index >= 15 is 0 Å². The van der Waals surface area contributed by atoms with Crippen molar-refractivity contribution in [2.75, 3.05) is 19.8 Å². The lowest BCUT2D eigenvalue weighted by atomic mass is 10.1. The van der Waals surface area contributed by atoms with Crippen LogP contribution >= 0.6 is 0 Å². The van der Waals surface area contributed by atoms with Crippen molar-refractivity contribution < 1.29 is 19.4 Å². The molecule has 0 saturated carbocycles. The Morgan fingerprint density at radius 1 is 1.57 bits per heavy atom. The minimum Gasteiger partial charge on any atom is -0.480 e. The predicted molar refractivity (Wildman–Crippen MR) is 50.0 cm³/mol. The van der Waals surface area contributed by atoms with Gasteiger partial charge in [0.05, 0.1) is 6.10 Å². The Kier molecular flexibility index (Phi) is 4.86. The molecule has 82 valence electrons. The summed E-state index contributed by atoms with van der Waals surface area (Å²) >= 11 is 0. The fraction of sp³-hybridized carbons (Fsp3) is 0.889. The highest BCUT2D eigenvalue weighted by Crippen LogP contribution is 2.10. The van der Waals surface area contributed by atoms with E-state index in [0.717, 1.165) is 26.1 Å². The molecule has 0 bridgehead atoms. The largest absolute Gasteiger partial charge is 0.480 e. The second-order valence-corrected chi connectivity index (χ2v) is 3.42. The zero-order valence-corrected chi connectivity index (χ0v) is 8.15. The van der Waals surface area contributed by atoms with Gasteiger partial charge >= 0.3 is 5.97 Å². The summed E-state index contributed by atoms with van der Waals surface area (Å²) < 4.78 is 10.6. The van der Waals surface area contributed by atoms with Gasteiger partial charge < -0.3 is 20.3 Å². The Morgan fingerprint density at radius 3 is 2.79 bits per heavy atom. The minimum atomic E-state index is -0.972. The first-order valence-electron chi connectivity index (χ1n) is 4.88. The number of carboxylic acids is 1. The van der Waals surface area contributed by atoms with Crippen LogP contribution in [0.15, 0.2) is 0 Å². The maximum atomic E-state index is 10.4. The van der Waals surface area contributed by atoms with Crippen LogP contribution in [0.3, 0.4) is 0 Å². The van der Waals surface area contributed by atoms with Gasteiger partial charge in [0.1, 0.15) is 6.04 Å². The number of hydrogen-bond acceptors (Lipinski definition) is 4. The van der Waals surface area contributed by atoms with Crippen LogP contribution in [0.25, 0.3) is 0 Å². The third-order valence-electron chi connectivity index (χ3n) is 2.27. The molecule has 1 rings (SSSR count). The van der Waals surface area contributed by atoms with E-state index in [0.29, 0.717) is 13.0 Å².